The number of nitrogens with zero attached hydrogens (tertiary/aromatic N) is 1. The zero-order valence-electron chi connectivity index (χ0n) is 16.3. The van der Waals surface area contributed by atoms with E-state index in [-0.39, 0.29) is 23.8 Å². The first kappa shape index (κ1) is 19.2. The minimum absolute atomic E-state index is 0.0123. The molecule has 1 atom stereocenters. The van der Waals surface area contributed by atoms with E-state index >= 15 is 0 Å². The Kier molecular flexibility index (Phi) is 5.94. The smallest absolute Gasteiger partial charge is 0.252 e. The fourth-order valence-electron chi connectivity index (χ4n) is 3.29. The van der Waals surface area contributed by atoms with Gasteiger partial charge in [0, 0.05) is 18.2 Å². The van der Waals surface area contributed by atoms with Gasteiger partial charge in [-0.3, -0.25) is 9.59 Å². The maximum absolute atomic E-state index is 13.3. The van der Waals surface area contributed by atoms with E-state index in [1.54, 1.807) is 6.07 Å². The van der Waals surface area contributed by atoms with Crippen LogP contribution in [0.25, 0.3) is 0 Å². The SMILES string of the molecule is Cc1ccccc1C(=O)NC(C(=O)N(Cc1ccccc1)C1CC1)C(C)C. The number of aryl methyl sites for hydroxylation is 1. The molecule has 4 nitrogen and oxygen atoms in total. The van der Waals surface area contributed by atoms with Crippen molar-refractivity contribution >= 4 is 11.8 Å². The average molecular weight is 364 g/mol. The number of hydrogen-bond acceptors (Lipinski definition) is 2. The van der Waals surface area contributed by atoms with E-state index in [2.05, 4.69) is 5.32 Å². The largest absolute Gasteiger partial charge is 0.340 e. The first-order valence-corrected chi connectivity index (χ1v) is 9.68. The van der Waals surface area contributed by atoms with Crippen LogP contribution in [0, 0.1) is 12.8 Å². The van der Waals surface area contributed by atoms with Gasteiger partial charge in [-0.25, -0.2) is 0 Å². The molecule has 4 heteroatoms. The Morgan fingerprint density at radius 3 is 2.26 bits per heavy atom. The van der Waals surface area contributed by atoms with E-state index in [0.717, 1.165) is 24.0 Å². The third-order valence-electron chi connectivity index (χ3n) is 5.08. The van der Waals surface area contributed by atoms with Gasteiger partial charge in [0.2, 0.25) is 5.91 Å². The quantitative estimate of drug-likeness (QED) is 0.809. The van der Waals surface area contributed by atoms with Crippen LogP contribution in [0.15, 0.2) is 54.6 Å². The summed E-state index contributed by atoms with van der Waals surface area (Å²) in [5.74, 6) is -0.156. The monoisotopic (exact) mass is 364 g/mol. The molecule has 1 unspecified atom stereocenters. The minimum atomic E-state index is -0.526. The van der Waals surface area contributed by atoms with Crippen molar-refractivity contribution in [1.82, 2.24) is 10.2 Å². The Bertz CT molecular complexity index is 797. The van der Waals surface area contributed by atoms with Crippen molar-refractivity contribution in [3.63, 3.8) is 0 Å². The maximum atomic E-state index is 13.3. The van der Waals surface area contributed by atoms with Crippen LogP contribution in [0.1, 0.15) is 48.2 Å². The number of rotatable bonds is 7. The van der Waals surface area contributed by atoms with Gasteiger partial charge < -0.3 is 10.2 Å². The van der Waals surface area contributed by atoms with Gasteiger partial charge in [0.25, 0.3) is 5.91 Å². The van der Waals surface area contributed by atoms with Crippen LogP contribution in [0.4, 0.5) is 0 Å². The van der Waals surface area contributed by atoms with E-state index in [1.165, 1.54) is 0 Å². The van der Waals surface area contributed by atoms with Gasteiger partial charge in [-0.05, 0) is 42.9 Å². The Hall–Kier alpha value is -2.62. The lowest BCUT2D eigenvalue weighted by Crippen LogP contribution is -2.51. The highest BCUT2D eigenvalue weighted by atomic mass is 16.2. The molecular weight excluding hydrogens is 336 g/mol. The number of amides is 2. The number of hydrogen-bond donors (Lipinski definition) is 1. The summed E-state index contributed by atoms with van der Waals surface area (Å²) in [7, 11) is 0. The standard InChI is InChI=1S/C23H28N2O2/c1-16(2)21(24-22(26)20-12-8-7-9-17(20)3)23(27)25(19-13-14-19)15-18-10-5-4-6-11-18/h4-12,16,19,21H,13-15H2,1-3H3,(H,24,26). The molecule has 1 N–H and O–H groups in total. The summed E-state index contributed by atoms with van der Waals surface area (Å²) < 4.78 is 0. The number of benzene rings is 2. The van der Waals surface area contributed by atoms with E-state index in [4.69, 9.17) is 0 Å². The molecular formula is C23H28N2O2. The van der Waals surface area contributed by atoms with E-state index in [9.17, 15) is 9.59 Å². The number of carbonyl (C=O) groups is 2. The molecule has 0 heterocycles. The Labute approximate surface area is 161 Å². The average Bonchev–Trinajstić information content (AvgIpc) is 3.49. The second-order valence-electron chi connectivity index (χ2n) is 7.69. The van der Waals surface area contributed by atoms with Crippen molar-refractivity contribution in [2.75, 3.05) is 0 Å². The fraction of sp³-hybridized carbons (Fsp3) is 0.391. The van der Waals surface area contributed by atoms with Crippen molar-refractivity contribution in [2.45, 2.75) is 52.2 Å². The zero-order valence-corrected chi connectivity index (χ0v) is 16.3. The molecule has 0 bridgehead atoms. The van der Waals surface area contributed by atoms with Crippen molar-refractivity contribution in [3.05, 3.63) is 71.3 Å². The molecule has 1 saturated carbocycles. The fourth-order valence-corrected chi connectivity index (χ4v) is 3.29. The molecule has 0 saturated heterocycles. The summed E-state index contributed by atoms with van der Waals surface area (Å²) in [5.41, 5.74) is 2.65. The van der Waals surface area contributed by atoms with E-state index in [1.807, 2.05) is 74.2 Å². The first-order chi connectivity index (χ1) is 13.0. The second kappa shape index (κ2) is 8.38. The summed E-state index contributed by atoms with van der Waals surface area (Å²) in [4.78, 5) is 28.0. The highest BCUT2D eigenvalue weighted by Gasteiger charge is 2.37. The molecule has 0 spiro atoms. The molecule has 0 radical (unpaired) electrons. The Morgan fingerprint density at radius 1 is 1.04 bits per heavy atom. The molecule has 142 valence electrons. The summed E-state index contributed by atoms with van der Waals surface area (Å²) in [5, 5.41) is 2.99. The maximum Gasteiger partial charge on any atom is 0.252 e. The van der Waals surface area contributed by atoms with Crippen LogP contribution in [-0.2, 0) is 11.3 Å². The summed E-state index contributed by atoms with van der Waals surface area (Å²) in [6.45, 7) is 6.46. The normalized spacial score (nSPS) is 14.7. The third-order valence-corrected chi connectivity index (χ3v) is 5.08. The molecule has 1 aliphatic rings. The molecule has 1 fully saturated rings. The van der Waals surface area contributed by atoms with Crippen molar-refractivity contribution in [1.29, 1.82) is 0 Å². The van der Waals surface area contributed by atoms with E-state index in [0.29, 0.717) is 12.1 Å². The van der Waals surface area contributed by atoms with Crippen LogP contribution in [0.3, 0.4) is 0 Å². The highest BCUT2D eigenvalue weighted by molar-refractivity contribution is 5.98. The van der Waals surface area contributed by atoms with Gasteiger partial charge in [0.15, 0.2) is 0 Å². The van der Waals surface area contributed by atoms with Gasteiger partial charge in [-0.15, -0.1) is 0 Å². The van der Waals surface area contributed by atoms with Crippen molar-refractivity contribution < 1.29 is 9.59 Å². The van der Waals surface area contributed by atoms with Gasteiger partial charge in [-0.1, -0.05) is 62.4 Å². The summed E-state index contributed by atoms with van der Waals surface area (Å²) >= 11 is 0. The molecule has 2 amide bonds. The Balaban J connectivity index is 1.77. The molecule has 27 heavy (non-hydrogen) atoms. The molecule has 0 aromatic heterocycles. The van der Waals surface area contributed by atoms with Crippen molar-refractivity contribution in [2.24, 2.45) is 5.92 Å². The lowest BCUT2D eigenvalue weighted by atomic mass is 10.0. The van der Waals surface area contributed by atoms with Gasteiger partial charge >= 0.3 is 0 Å². The van der Waals surface area contributed by atoms with Gasteiger partial charge in [0.1, 0.15) is 6.04 Å². The molecule has 0 aliphatic heterocycles. The van der Waals surface area contributed by atoms with Crippen LogP contribution in [0.5, 0.6) is 0 Å². The molecule has 3 rings (SSSR count). The van der Waals surface area contributed by atoms with Crippen LogP contribution >= 0.6 is 0 Å². The third kappa shape index (κ3) is 4.76. The van der Waals surface area contributed by atoms with Crippen LogP contribution in [0.2, 0.25) is 0 Å². The summed E-state index contributed by atoms with van der Waals surface area (Å²) in [6, 6.07) is 17.3. The molecule has 2 aromatic carbocycles. The van der Waals surface area contributed by atoms with Gasteiger partial charge in [0.05, 0.1) is 0 Å². The molecule has 2 aromatic rings. The van der Waals surface area contributed by atoms with Crippen LogP contribution < -0.4 is 5.32 Å². The Morgan fingerprint density at radius 2 is 1.67 bits per heavy atom. The van der Waals surface area contributed by atoms with Gasteiger partial charge in [-0.2, -0.15) is 0 Å². The predicted octanol–water partition coefficient (Wildman–Crippen LogP) is 3.94. The van der Waals surface area contributed by atoms with Crippen molar-refractivity contribution in [3.8, 4) is 0 Å². The first-order valence-electron chi connectivity index (χ1n) is 9.68. The predicted molar refractivity (Wildman–Crippen MR) is 107 cm³/mol. The zero-order chi connectivity index (χ0) is 19.4. The topological polar surface area (TPSA) is 49.4 Å². The highest BCUT2D eigenvalue weighted by Crippen LogP contribution is 2.29. The number of nitrogens with one attached hydrogen (secondary N) is 1. The second-order valence-corrected chi connectivity index (χ2v) is 7.69. The summed E-state index contributed by atoms with van der Waals surface area (Å²) in [6.07, 6.45) is 2.07. The lowest BCUT2D eigenvalue weighted by molar-refractivity contribution is -0.135. The van der Waals surface area contributed by atoms with Crippen LogP contribution in [-0.4, -0.2) is 28.8 Å². The van der Waals surface area contributed by atoms with E-state index < -0.39 is 6.04 Å². The number of carbonyl (C=O) groups excluding carboxylic acids is 2. The minimum Gasteiger partial charge on any atom is -0.340 e. The molecule has 1 aliphatic carbocycles. The lowest BCUT2D eigenvalue weighted by Gasteiger charge is -2.30.